The van der Waals surface area contributed by atoms with Crippen LogP contribution in [0.15, 0.2) is 0 Å². The highest BCUT2D eigenvalue weighted by Crippen LogP contribution is 2.31. The number of ether oxygens (including phenoxy) is 4. The Bertz CT molecular complexity index is 836. The van der Waals surface area contributed by atoms with Gasteiger partial charge in [0.1, 0.15) is 42.7 Å². The van der Waals surface area contributed by atoms with E-state index < -0.39 is 104 Å². The topological polar surface area (TPSA) is 330 Å². The number of carbonyl (C=O) groups is 1. The predicted molar refractivity (Wildman–Crippen MR) is 145 cm³/mol. The number of amides is 1. The first-order chi connectivity index (χ1) is 19.9. The zero-order chi connectivity index (χ0) is 31.1. The Labute approximate surface area is 243 Å². The molecule has 0 spiro atoms. The van der Waals surface area contributed by atoms with E-state index in [1.54, 1.807) is 0 Å². The summed E-state index contributed by atoms with van der Waals surface area (Å²) in [6.45, 7) is 0.404. The molecule has 2 aliphatic heterocycles. The lowest BCUT2D eigenvalue weighted by Gasteiger charge is -2.48. The van der Waals surface area contributed by atoms with Crippen molar-refractivity contribution in [3.63, 3.8) is 0 Å². The molecule has 3 rings (SSSR count). The van der Waals surface area contributed by atoms with Crippen molar-refractivity contribution in [2.24, 2.45) is 28.7 Å². The molecule has 0 aromatic rings. The Kier molecular flexibility index (Phi) is 13.6. The van der Waals surface area contributed by atoms with Crippen LogP contribution in [0.1, 0.15) is 19.3 Å². The summed E-state index contributed by atoms with van der Waals surface area (Å²) >= 11 is 0. The summed E-state index contributed by atoms with van der Waals surface area (Å²) in [5.41, 5.74) is 29.4. The third kappa shape index (κ3) is 8.51. The van der Waals surface area contributed by atoms with Crippen molar-refractivity contribution in [2.45, 2.75) is 111 Å². The molecule has 0 radical (unpaired) electrons. The molecule has 18 nitrogen and oxygen atoms in total. The molecule has 15 unspecified atom stereocenters. The molecule has 0 bridgehead atoms. The number of aliphatic hydroxyl groups excluding tert-OH is 6. The van der Waals surface area contributed by atoms with Gasteiger partial charge in [-0.15, -0.1) is 0 Å². The van der Waals surface area contributed by atoms with Crippen molar-refractivity contribution in [2.75, 3.05) is 32.8 Å². The van der Waals surface area contributed by atoms with Gasteiger partial charge in [-0.3, -0.25) is 4.79 Å². The van der Waals surface area contributed by atoms with Crippen molar-refractivity contribution < 1.29 is 54.4 Å². The average Bonchev–Trinajstić information content (AvgIpc) is 2.96. The summed E-state index contributed by atoms with van der Waals surface area (Å²) < 4.78 is 23.4. The van der Waals surface area contributed by atoms with E-state index in [4.69, 9.17) is 47.6 Å². The molecule has 0 aromatic heterocycles. The number of hydrogen-bond donors (Lipinski definition) is 13. The van der Waals surface area contributed by atoms with Crippen LogP contribution in [0.4, 0.5) is 0 Å². The van der Waals surface area contributed by atoms with Gasteiger partial charge >= 0.3 is 0 Å². The molecule has 2 saturated heterocycles. The second kappa shape index (κ2) is 16.2. The van der Waals surface area contributed by atoms with E-state index in [2.05, 4.69) is 10.6 Å². The molecule has 1 saturated carbocycles. The van der Waals surface area contributed by atoms with Gasteiger partial charge in [-0.25, -0.2) is 0 Å². The van der Waals surface area contributed by atoms with Gasteiger partial charge in [0, 0.05) is 19.1 Å². The maximum absolute atomic E-state index is 12.5. The van der Waals surface area contributed by atoms with Crippen LogP contribution >= 0.6 is 0 Å². The van der Waals surface area contributed by atoms with E-state index in [9.17, 15) is 35.4 Å². The van der Waals surface area contributed by atoms with Gasteiger partial charge in [-0.1, -0.05) is 0 Å². The smallest absolute Gasteiger partial charge is 0.250 e. The van der Waals surface area contributed by atoms with E-state index in [1.807, 2.05) is 0 Å². The number of aliphatic hydroxyl groups is 6. The molecule has 42 heavy (non-hydrogen) atoms. The van der Waals surface area contributed by atoms with Crippen LogP contribution in [0.3, 0.4) is 0 Å². The first kappa shape index (κ1) is 35.3. The first-order valence-corrected chi connectivity index (χ1v) is 14.2. The van der Waals surface area contributed by atoms with Crippen LogP contribution in [-0.4, -0.2) is 161 Å². The van der Waals surface area contributed by atoms with Crippen molar-refractivity contribution in [3.05, 3.63) is 0 Å². The molecule has 1 aliphatic carbocycles. The highest BCUT2D eigenvalue weighted by Gasteiger charge is 2.51. The molecule has 0 aromatic carbocycles. The number of nitrogens with two attached hydrogens (primary N) is 5. The third-order valence-electron chi connectivity index (χ3n) is 7.90. The minimum atomic E-state index is -1.58. The molecule has 15 atom stereocenters. The van der Waals surface area contributed by atoms with Crippen molar-refractivity contribution >= 4 is 5.91 Å². The van der Waals surface area contributed by atoms with Crippen LogP contribution in [-0.2, 0) is 23.7 Å². The Morgan fingerprint density at radius 1 is 0.905 bits per heavy atom. The standard InChI is InChI=1S/C24H49N7O11/c25-2-1-3-30-7-14-12(33)5-10(28)23(39-14)41-20-9(27)4-11(31-22(38)13(34)6-26)21(19(20)37)42-24-18(36)16(29)17(35)15(8-32)40-24/h9-21,23-24,30,32-37H,1-8,25-29H2,(H,31,38). The molecule has 246 valence electrons. The normalized spacial score (nSPS) is 43.6. The van der Waals surface area contributed by atoms with Crippen molar-refractivity contribution in [1.29, 1.82) is 0 Å². The zero-order valence-corrected chi connectivity index (χ0v) is 23.4. The lowest BCUT2D eigenvalue weighted by atomic mass is 9.83. The van der Waals surface area contributed by atoms with E-state index >= 15 is 0 Å². The molecule has 18 N–H and O–H groups in total. The van der Waals surface area contributed by atoms with Crippen LogP contribution in [0.5, 0.6) is 0 Å². The lowest BCUT2D eigenvalue weighted by molar-refractivity contribution is -0.316. The molecular weight excluding hydrogens is 562 g/mol. The summed E-state index contributed by atoms with van der Waals surface area (Å²) in [7, 11) is 0. The van der Waals surface area contributed by atoms with E-state index in [1.165, 1.54) is 0 Å². The summed E-state index contributed by atoms with van der Waals surface area (Å²) in [4.78, 5) is 12.5. The van der Waals surface area contributed by atoms with Crippen LogP contribution in [0.25, 0.3) is 0 Å². The van der Waals surface area contributed by atoms with Gasteiger partial charge in [-0.2, -0.15) is 0 Å². The minimum Gasteiger partial charge on any atom is -0.394 e. The monoisotopic (exact) mass is 611 g/mol. The molecule has 3 fully saturated rings. The van der Waals surface area contributed by atoms with Gasteiger partial charge in [-0.05, 0) is 32.4 Å². The molecule has 2 heterocycles. The maximum atomic E-state index is 12.5. The number of hydrogen-bond acceptors (Lipinski definition) is 17. The van der Waals surface area contributed by atoms with Crippen molar-refractivity contribution in [1.82, 2.24) is 10.6 Å². The highest BCUT2D eigenvalue weighted by molar-refractivity contribution is 5.81. The zero-order valence-electron chi connectivity index (χ0n) is 23.4. The molecule has 18 heteroatoms. The quantitative estimate of drug-likeness (QED) is 0.0859. The molecular formula is C24H49N7O11. The number of rotatable bonds is 13. The molecule has 3 aliphatic rings. The Hall–Kier alpha value is -1.17. The van der Waals surface area contributed by atoms with E-state index in [0.717, 1.165) is 6.42 Å². The van der Waals surface area contributed by atoms with Crippen LogP contribution < -0.4 is 39.3 Å². The fraction of sp³-hybridized carbons (Fsp3) is 0.958. The summed E-state index contributed by atoms with van der Waals surface area (Å²) in [6.07, 6.45) is -13.2. The Balaban J connectivity index is 1.78. The van der Waals surface area contributed by atoms with Gasteiger partial charge < -0.3 is 88.9 Å². The van der Waals surface area contributed by atoms with Gasteiger partial charge in [0.2, 0.25) is 5.91 Å². The summed E-state index contributed by atoms with van der Waals surface area (Å²) in [6, 6.07) is -3.98. The van der Waals surface area contributed by atoms with E-state index in [-0.39, 0.29) is 19.4 Å². The third-order valence-corrected chi connectivity index (χ3v) is 7.90. The fourth-order valence-electron chi connectivity index (χ4n) is 5.36. The van der Waals surface area contributed by atoms with Crippen molar-refractivity contribution in [3.8, 4) is 0 Å². The van der Waals surface area contributed by atoms with E-state index in [0.29, 0.717) is 19.6 Å². The SMILES string of the molecule is NCCCNCC1OC(OC2C(N)CC(NC(=O)C(O)CN)C(OC3OC(CO)C(O)C(N)C3O)C2O)C(N)CC1O. The Morgan fingerprint density at radius 3 is 2.21 bits per heavy atom. The van der Waals surface area contributed by atoms with Gasteiger partial charge in [0.15, 0.2) is 12.6 Å². The first-order valence-electron chi connectivity index (χ1n) is 14.2. The maximum Gasteiger partial charge on any atom is 0.250 e. The van der Waals surface area contributed by atoms with Gasteiger partial charge in [0.05, 0.1) is 36.9 Å². The highest BCUT2D eigenvalue weighted by atomic mass is 16.7. The van der Waals surface area contributed by atoms with Crippen LogP contribution in [0.2, 0.25) is 0 Å². The Morgan fingerprint density at radius 2 is 1.57 bits per heavy atom. The fourth-order valence-corrected chi connectivity index (χ4v) is 5.36. The largest absolute Gasteiger partial charge is 0.394 e. The van der Waals surface area contributed by atoms with Crippen LogP contribution in [0, 0.1) is 0 Å². The second-order valence-corrected chi connectivity index (χ2v) is 11.1. The average molecular weight is 612 g/mol. The summed E-state index contributed by atoms with van der Waals surface area (Å²) in [5.74, 6) is -0.850. The second-order valence-electron chi connectivity index (χ2n) is 11.1. The molecule has 1 amide bonds. The lowest BCUT2D eigenvalue weighted by Crippen LogP contribution is -2.69. The predicted octanol–water partition coefficient (Wildman–Crippen LogP) is -7.84. The van der Waals surface area contributed by atoms with Gasteiger partial charge in [0.25, 0.3) is 0 Å². The minimum absolute atomic E-state index is 0.0367. The summed E-state index contributed by atoms with van der Waals surface area (Å²) in [5, 5.41) is 67.9. The number of carbonyl (C=O) groups excluding carboxylic acids is 1. The number of nitrogens with one attached hydrogen (secondary N) is 2.